The third-order valence-electron chi connectivity index (χ3n) is 4.76. The molecule has 8 heteroatoms. The van der Waals surface area contributed by atoms with Gasteiger partial charge in [0.05, 0.1) is 29.4 Å². The summed E-state index contributed by atoms with van der Waals surface area (Å²) in [6.45, 7) is 1.66. The molecule has 2 aromatic carbocycles. The molecule has 0 radical (unpaired) electrons. The second-order valence-corrected chi connectivity index (χ2v) is 6.99. The summed E-state index contributed by atoms with van der Waals surface area (Å²) in [7, 11) is 0. The monoisotopic (exact) mass is 419 g/mol. The number of aliphatic hydroxyl groups is 1. The van der Waals surface area contributed by atoms with Gasteiger partial charge >= 0.3 is 6.16 Å². The molecule has 0 saturated carbocycles. The average Bonchev–Trinajstić information content (AvgIpc) is 2.69. The lowest BCUT2D eigenvalue weighted by molar-refractivity contribution is 0.143. The van der Waals surface area contributed by atoms with Crippen LogP contribution in [0.15, 0.2) is 47.4 Å². The summed E-state index contributed by atoms with van der Waals surface area (Å²) in [6, 6.07) is 9.35. The maximum Gasteiger partial charge on any atom is 0.511 e. The summed E-state index contributed by atoms with van der Waals surface area (Å²) in [5.74, 6) is -0.885. The highest BCUT2D eigenvalue weighted by Crippen LogP contribution is 2.25. The number of rotatable bonds is 6. The minimum Gasteiger partial charge on any atom is -0.449 e. The molecule has 0 fully saturated rings. The number of benzene rings is 2. The minimum absolute atomic E-state index is 0.0107. The quantitative estimate of drug-likeness (QED) is 0.578. The molecule has 0 amide bonds. The minimum atomic E-state index is -1.61. The molecule has 1 atom stereocenters. The number of halogens is 2. The number of hydrogen-bond acceptors (Lipinski definition) is 4. The van der Waals surface area contributed by atoms with Gasteiger partial charge < -0.3 is 19.5 Å². The Balaban J connectivity index is 2.17. The third kappa shape index (κ3) is 4.26. The van der Waals surface area contributed by atoms with Crippen molar-refractivity contribution in [3.8, 4) is 5.75 Å². The van der Waals surface area contributed by atoms with E-state index in [-0.39, 0.29) is 35.2 Å². The van der Waals surface area contributed by atoms with E-state index < -0.39 is 17.4 Å². The van der Waals surface area contributed by atoms with Crippen LogP contribution in [-0.4, -0.2) is 27.5 Å². The number of hydrogen-bond donors (Lipinski definition) is 2. The summed E-state index contributed by atoms with van der Waals surface area (Å²) in [5.41, 5.74) is 0.938. The van der Waals surface area contributed by atoms with Crippen molar-refractivity contribution in [2.45, 2.75) is 25.8 Å². The lowest BCUT2D eigenvalue weighted by Crippen LogP contribution is -2.20. The fourth-order valence-corrected chi connectivity index (χ4v) is 3.47. The van der Waals surface area contributed by atoms with Crippen molar-refractivity contribution >= 4 is 28.7 Å². The molecule has 29 heavy (non-hydrogen) atoms. The van der Waals surface area contributed by atoms with Gasteiger partial charge in [-0.25, -0.2) is 9.18 Å². The molecule has 152 valence electrons. The molecule has 6 nitrogen and oxygen atoms in total. The second-order valence-electron chi connectivity index (χ2n) is 6.58. The first kappa shape index (κ1) is 20.8. The Hall–Kier alpha value is -2.90. The molecule has 0 aliphatic rings. The fourth-order valence-electron chi connectivity index (χ4n) is 3.27. The smallest absolute Gasteiger partial charge is 0.449 e. The van der Waals surface area contributed by atoms with E-state index in [0.29, 0.717) is 23.1 Å². The number of carbonyl (C=O) groups is 1. The lowest BCUT2D eigenvalue weighted by atomic mass is 10.0. The standard InChI is InChI=1S/C21H19ClFNO5/c1-2-14(11-25)24-10-18(29-21(27)28)20(26)15-9-12(6-7-17(15)24)8-13-4-3-5-16(22)19(13)23/h3-7,9-10,14,25H,2,8,11H2,1H3,(H,27,28)/t14-/m0/s1. The Bertz CT molecular complexity index is 1120. The zero-order valence-corrected chi connectivity index (χ0v) is 16.3. The summed E-state index contributed by atoms with van der Waals surface area (Å²) in [4.78, 5) is 23.8. The van der Waals surface area contributed by atoms with E-state index in [0.717, 1.165) is 0 Å². The normalized spacial score (nSPS) is 12.1. The zero-order chi connectivity index (χ0) is 21.1. The molecular formula is C21H19ClFNO5. The molecule has 0 saturated heterocycles. The number of aromatic nitrogens is 1. The maximum absolute atomic E-state index is 14.2. The van der Waals surface area contributed by atoms with Gasteiger partial charge in [-0.3, -0.25) is 4.79 Å². The zero-order valence-electron chi connectivity index (χ0n) is 15.6. The Morgan fingerprint density at radius 1 is 1.31 bits per heavy atom. The molecule has 3 aromatic rings. The summed E-state index contributed by atoms with van der Waals surface area (Å²) in [6.07, 6.45) is 0.432. The van der Waals surface area contributed by atoms with Gasteiger partial charge in [-0.15, -0.1) is 0 Å². The number of carboxylic acid groups (broad SMARTS) is 1. The van der Waals surface area contributed by atoms with E-state index in [1.807, 2.05) is 6.92 Å². The average molecular weight is 420 g/mol. The third-order valence-corrected chi connectivity index (χ3v) is 5.05. The largest absolute Gasteiger partial charge is 0.511 e. The lowest BCUT2D eigenvalue weighted by Gasteiger charge is -2.20. The van der Waals surface area contributed by atoms with Crippen LogP contribution in [0.2, 0.25) is 5.02 Å². The fraction of sp³-hybridized carbons (Fsp3) is 0.238. The second kappa shape index (κ2) is 8.63. The number of ether oxygens (including phenoxy) is 1. The predicted octanol–water partition coefficient (Wildman–Crippen LogP) is 4.39. The van der Waals surface area contributed by atoms with Crippen molar-refractivity contribution < 1.29 is 24.1 Å². The van der Waals surface area contributed by atoms with E-state index in [2.05, 4.69) is 4.74 Å². The Morgan fingerprint density at radius 2 is 2.07 bits per heavy atom. The van der Waals surface area contributed by atoms with E-state index in [1.165, 1.54) is 12.3 Å². The van der Waals surface area contributed by atoms with Crippen LogP contribution >= 0.6 is 11.6 Å². The van der Waals surface area contributed by atoms with E-state index in [4.69, 9.17) is 16.7 Å². The van der Waals surface area contributed by atoms with Gasteiger partial charge in [-0.2, -0.15) is 0 Å². The van der Waals surface area contributed by atoms with E-state index >= 15 is 0 Å². The van der Waals surface area contributed by atoms with Crippen molar-refractivity contribution in [2.75, 3.05) is 6.61 Å². The number of fused-ring (bicyclic) bond motifs is 1. The van der Waals surface area contributed by atoms with Crippen LogP contribution in [0, 0.1) is 5.82 Å². The van der Waals surface area contributed by atoms with E-state index in [9.17, 15) is 19.1 Å². The summed E-state index contributed by atoms with van der Waals surface area (Å²) < 4.78 is 20.5. The highest BCUT2D eigenvalue weighted by molar-refractivity contribution is 6.30. The van der Waals surface area contributed by atoms with Crippen molar-refractivity contribution in [3.05, 3.63) is 74.8 Å². The van der Waals surface area contributed by atoms with E-state index in [1.54, 1.807) is 34.9 Å². The predicted molar refractivity (Wildman–Crippen MR) is 107 cm³/mol. The van der Waals surface area contributed by atoms with Crippen LogP contribution in [0.1, 0.15) is 30.5 Å². The van der Waals surface area contributed by atoms with Crippen LogP contribution in [-0.2, 0) is 6.42 Å². The van der Waals surface area contributed by atoms with Crippen LogP contribution in [0.4, 0.5) is 9.18 Å². The molecule has 0 unspecified atom stereocenters. The van der Waals surface area contributed by atoms with Crippen LogP contribution in [0.25, 0.3) is 10.9 Å². The molecule has 1 aromatic heterocycles. The molecule has 0 spiro atoms. The van der Waals surface area contributed by atoms with Gasteiger partial charge in [0.25, 0.3) is 0 Å². The first-order valence-electron chi connectivity index (χ1n) is 8.98. The highest BCUT2D eigenvalue weighted by atomic mass is 35.5. The first-order chi connectivity index (χ1) is 13.8. The Kier molecular flexibility index (Phi) is 6.20. The van der Waals surface area contributed by atoms with Gasteiger partial charge in [0.1, 0.15) is 5.82 Å². The van der Waals surface area contributed by atoms with Crippen molar-refractivity contribution in [1.29, 1.82) is 0 Å². The Labute approximate surface area is 170 Å². The van der Waals surface area contributed by atoms with Gasteiger partial charge in [0.2, 0.25) is 5.43 Å². The van der Waals surface area contributed by atoms with Crippen molar-refractivity contribution in [1.82, 2.24) is 4.57 Å². The molecule has 0 aliphatic heterocycles. The summed E-state index contributed by atoms with van der Waals surface area (Å²) in [5, 5.41) is 18.8. The summed E-state index contributed by atoms with van der Waals surface area (Å²) >= 11 is 5.83. The number of pyridine rings is 1. The maximum atomic E-state index is 14.2. The van der Waals surface area contributed by atoms with Crippen LogP contribution in [0.3, 0.4) is 0 Å². The van der Waals surface area contributed by atoms with Crippen LogP contribution < -0.4 is 10.2 Å². The topological polar surface area (TPSA) is 88.8 Å². The molecular weight excluding hydrogens is 401 g/mol. The Morgan fingerprint density at radius 3 is 2.72 bits per heavy atom. The first-order valence-corrected chi connectivity index (χ1v) is 9.35. The molecule has 1 heterocycles. The number of nitrogens with zero attached hydrogens (tertiary/aromatic N) is 1. The van der Waals surface area contributed by atoms with Crippen molar-refractivity contribution in [3.63, 3.8) is 0 Å². The van der Waals surface area contributed by atoms with Gasteiger partial charge in [0, 0.05) is 11.8 Å². The van der Waals surface area contributed by atoms with Gasteiger partial charge in [-0.1, -0.05) is 36.7 Å². The molecule has 0 aliphatic carbocycles. The van der Waals surface area contributed by atoms with Gasteiger partial charge in [-0.05, 0) is 35.7 Å². The molecule has 0 bridgehead atoms. The van der Waals surface area contributed by atoms with Gasteiger partial charge in [0.15, 0.2) is 5.75 Å². The van der Waals surface area contributed by atoms with Crippen LogP contribution in [0.5, 0.6) is 5.75 Å². The SMILES string of the molecule is CC[C@@H](CO)n1cc(OC(=O)O)c(=O)c2cc(Cc3cccc(Cl)c3F)ccc21. The molecule has 3 rings (SSSR count). The van der Waals surface area contributed by atoms with Crippen molar-refractivity contribution in [2.24, 2.45) is 0 Å². The highest BCUT2D eigenvalue weighted by Gasteiger charge is 2.18. The number of aliphatic hydroxyl groups excluding tert-OH is 1. The molecule has 2 N–H and O–H groups in total.